The normalized spacial score (nSPS) is 15.2. The molecule has 1 aliphatic rings. The first-order valence-electron chi connectivity index (χ1n) is 11.2. The van der Waals surface area contributed by atoms with Gasteiger partial charge in [-0.25, -0.2) is 24.3 Å². The fourth-order valence-electron chi connectivity index (χ4n) is 4.42. The Morgan fingerprint density at radius 1 is 1.06 bits per heavy atom. The molecule has 1 atom stereocenters. The van der Waals surface area contributed by atoms with Crippen LogP contribution in [-0.2, 0) is 4.74 Å². The summed E-state index contributed by atoms with van der Waals surface area (Å²) in [6, 6.07) is 12.7. The number of aromatic nitrogens is 6. The summed E-state index contributed by atoms with van der Waals surface area (Å²) >= 11 is 0. The Morgan fingerprint density at radius 3 is 2.79 bits per heavy atom. The topological polar surface area (TPSA) is 96.8 Å². The Bertz CT molecular complexity index is 1470. The fraction of sp³-hybridized carbons (Fsp3) is 0.250. The summed E-state index contributed by atoms with van der Waals surface area (Å²) < 4.78 is 21.8. The van der Waals surface area contributed by atoms with Crippen molar-refractivity contribution in [3.63, 3.8) is 0 Å². The highest BCUT2D eigenvalue weighted by Crippen LogP contribution is 2.30. The van der Waals surface area contributed by atoms with Gasteiger partial charge in [-0.05, 0) is 37.3 Å². The van der Waals surface area contributed by atoms with Gasteiger partial charge in [0.15, 0.2) is 11.5 Å². The van der Waals surface area contributed by atoms with Crippen molar-refractivity contribution >= 4 is 33.7 Å². The van der Waals surface area contributed by atoms with Crippen LogP contribution < -0.4 is 10.2 Å². The molecule has 0 saturated carbocycles. The zero-order valence-corrected chi connectivity index (χ0v) is 18.6. The standard InChI is InChI=1S/C24H23FN8O/c1-15(30-23-21-22(27-13-26-21)28-14-29-23)24-31-19-6-5-16(25)11-20(19)33(24)18-4-2-3-17(12-18)32-7-9-34-10-8-32/h2-6,11-15H,7-10H2,1H3,(H2,26,27,28,29,30). The van der Waals surface area contributed by atoms with Crippen LogP contribution in [0.25, 0.3) is 27.9 Å². The van der Waals surface area contributed by atoms with E-state index in [4.69, 9.17) is 9.72 Å². The van der Waals surface area contributed by atoms with E-state index in [1.165, 1.54) is 18.5 Å². The van der Waals surface area contributed by atoms with Crippen LogP contribution >= 0.6 is 0 Å². The first-order chi connectivity index (χ1) is 16.7. The first kappa shape index (κ1) is 20.5. The van der Waals surface area contributed by atoms with E-state index in [1.807, 2.05) is 23.6 Å². The van der Waals surface area contributed by atoms with Crippen LogP contribution in [0.2, 0.25) is 0 Å². The molecule has 2 aromatic carbocycles. The fourth-order valence-corrected chi connectivity index (χ4v) is 4.42. The number of benzene rings is 2. The van der Waals surface area contributed by atoms with E-state index < -0.39 is 0 Å². The number of nitrogens with one attached hydrogen (secondary N) is 2. The van der Waals surface area contributed by atoms with Crippen molar-refractivity contribution in [2.45, 2.75) is 13.0 Å². The van der Waals surface area contributed by atoms with Gasteiger partial charge in [0.2, 0.25) is 0 Å². The predicted octanol–water partition coefficient (Wildman–Crippen LogP) is 3.84. The Hall–Kier alpha value is -4.05. The minimum Gasteiger partial charge on any atom is -0.378 e. The summed E-state index contributed by atoms with van der Waals surface area (Å²) in [7, 11) is 0. The molecule has 1 unspecified atom stereocenters. The summed E-state index contributed by atoms with van der Waals surface area (Å²) in [5, 5.41) is 3.42. The molecular formula is C24H23FN8O. The van der Waals surface area contributed by atoms with Gasteiger partial charge >= 0.3 is 0 Å². The Morgan fingerprint density at radius 2 is 1.91 bits per heavy atom. The van der Waals surface area contributed by atoms with Gasteiger partial charge in [0.05, 0.1) is 36.6 Å². The van der Waals surface area contributed by atoms with E-state index >= 15 is 0 Å². The maximum absolute atomic E-state index is 14.3. The molecule has 0 spiro atoms. The van der Waals surface area contributed by atoms with Gasteiger partial charge in [-0.15, -0.1) is 0 Å². The number of imidazole rings is 2. The number of hydrogen-bond acceptors (Lipinski definition) is 7. The highest BCUT2D eigenvalue weighted by atomic mass is 19.1. The van der Waals surface area contributed by atoms with Crippen LogP contribution in [0.15, 0.2) is 55.1 Å². The Balaban J connectivity index is 1.45. The molecule has 5 aromatic rings. The third-order valence-corrected chi connectivity index (χ3v) is 6.07. The van der Waals surface area contributed by atoms with E-state index in [9.17, 15) is 4.39 Å². The number of morpholine rings is 1. The number of H-pyrrole nitrogens is 1. The molecule has 4 heterocycles. The zero-order chi connectivity index (χ0) is 23.1. The highest BCUT2D eigenvalue weighted by molar-refractivity contribution is 5.82. The third-order valence-electron chi connectivity index (χ3n) is 6.07. The van der Waals surface area contributed by atoms with Gasteiger partial charge in [-0.1, -0.05) is 6.07 Å². The predicted molar refractivity (Wildman–Crippen MR) is 128 cm³/mol. The minimum absolute atomic E-state index is 0.246. The maximum atomic E-state index is 14.3. The van der Waals surface area contributed by atoms with Crippen molar-refractivity contribution < 1.29 is 9.13 Å². The van der Waals surface area contributed by atoms with E-state index in [2.05, 4.69) is 42.3 Å². The lowest BCUT2D eigenvalue weighted by Gasteiger charge is -2.29. The molecule has 0 amide bonds. The van der Waals surface area contributed by atoms with Crippen LogP contribution in [0.3, 0.4) is 0 Å². The summed E-state index contributed by atoms with van der Waals surface area (Å²) in [4.78, 5) is 23.0. The highest BCUT2D eigenvalue weighted by Gasteiger charge is 2.21. The first-order valence-corrected chi connectivity index (χ1v) is 11.2. The van der Waals surface area contributed by atoms with Gasteiger partial charge in [-0.3, -0.25) is 4.57 Å². The molecule has 0 bridgehead atoms. The monoisotopic (exact) mass is 458 g/mol. The molecule has 10 heteroatoms. The largest absolute Gasteiger partial charge is 0.378 e. The summed E-state index contributed by atoms with van der Waals surface area (Å²) in [6.07, 6.45) is 3.06. The van der Waals surface area contributed by atoms with Crippen LogP contribution in [0.5, 0.6) is 0 Å². The number of ether oxygens (including phenoxy) is 1. The summed E-state index contributed by atoms with van der Waals surface area (Å²) in [5.74, 6) is 1.06. The van der Waals surface area contributed by atoms with E-state index in [0.717, 1.165) is 41.3 Å². The lowest BCUT2D eigenvalue weighted by molar-refractivity contribution is 0.122. The second kappa shape index (κ2) is 8.38. The van der Waals surface area contributed by atoms with Crippen molar-refractivity contribution in [3.8, 4) is 5.69 Å². The number of rotatable bonds is 5. The van der Waals surface area contributed by atoms with E-state index in [-0.39, 0.29) is 11.9 Å². The molecule has 6 rings (SSSR count). The smallest absolute Gasteiger partial charge is 0.182 e. The second-order valence-corrected chi connectivity index (χ2v) is 8.25. The van der Waals surface area contributed by atoms with Crippen molar-refractivity contribution in [2.24, 2.45) is 0 Å². The second-order valence-electron chi connectivity index (χ2n) is 8.25. The number of nitrogens with zero attached hydrogens (tertiary/aromatic N) is 6. The molecule has 0 radical (unpaired) electrons. The van der Waals surface area contributed by atoms with Crippen molar-refractivity contribution in [2.75, 3.05) is 36.5 Å². The van der Waals surface area contributed by atoms with Gasteiger partial charge in [0.25, 0.3) is 0 Å². The van der Waals surface area contributed by atoms with Gasteiger partial charge in [0.1, 0.15) is 23.5 Å². The zero-order valence-electron chi connectivity index (χ0n) is 18.6. The van der Waals surface area contributed by atoms with Crippen molar-refractivity contribution in [3.05, 3.63) is 66.8 Å². The number of fused-ring (bicyclic) bond motifs is 2. The molecule has 172 valence electrons. The average molecular weight is 459 g/mol. The Labute approximate surface area is 194 Å². The van der Waals surface area contributed by atoms with E-state index in [0.29, 0.717) is 30.2 Å². The summed E-state index contributed by atoms with van der Waals surface area (Å²) in [6.45, 7) is 5.08. The molecule has 2 N–H and O–H groups in total. The maximum Gasteiger partial charge on any atom is 0.182 e. The minimum atomic E-state index is -0.305. The van der Waals surface area contributed by atoms with Crippen molar-refractivity contribution in [1.82, 2.24) is 29.5 Å². The molecule has 1 fully saturated rings. The molecule has 1 saturated heterocycles. The van der Waals surface area contributed by atoms with Gasteiger partial charge in [-0.2, -0.15) is 0 Å². The molecular weight excluding hydrogens is 435 g/mol. The summed E-state index contributed by atoms with van der Waals surface area (Å²) in [5.41, 5.74) is 4.74. The molecule has 9 nitrogen and oxygen atoms in total. The number of aromatic amines is 1. The van der Waals surface area contributed by atoms with Gasteiger partial charge in [0, 0.05) is 30.5 Å². The molecule has 1 aliphatic heterocycles. The molecule has 0 aliphatic carbocycles. The van der Waals surface area contributed by atoms with Crippen LogP contribution in [0.4, 0.5) is 15.9 Å². The van der Waals surface area contributed by atoms with Crippen LogP contribution in [-0.4, -0.2) is 55.8 Å². The van der Waals surface area contributed by atoms with Gasteiger partial charge < -0.3 is 19.9 Å². The lowest BCUT2D eigenvalue weighted by atomic mass is 10.2. The molecule has 34 heavy (non-hydrogen) atoms. The number of anilines is 2. The third kappa shape index (κ3) is 3.61. The molecule has 3 aromatic heterocycles. The van der Waals surface area contributed by atoms with E-state index in [1.54, 1.807) is 12.4 Å². The Kier molecular flexibility index (Phi) is 5.06. The van der Waals surface area contributed by atoms with Crippen LogP contribution in [0.1, 0.15) is 18.8 Å². The average Bonchev–Trinajstić information content (AvgIpc) is 3.50. The number of hydrogen-bond donors (Lipinski definition) is 2. The van der Waals surface area contributed by atoms with Crippen molar-refractivity contribution in [1.29, 1.82) is 0 Å². The quantitative estimate of drug-likeness (QED) is 0.413. The SMILES string of the molecule is CC(Nc1ncnc2nc[nH]c12)c1nc2ccc(F)cc2n1-c1cccc(N2CCOCC2)c1. The lowest BCUT2D eigenvalue weighted by Crippen LogP contribution is -2.36. The number of halogens is 1. The van der Waals surface area contributed by atoms with Crippen LogP contribution in [0, 0.1) is 5.82 Å².